The van der Waals surface area contributed by atoms with Crippen molar-refractivity contribution in [2.24, 2.45) is 0 Å². The van der Waals surface area contributed by atoms with E-state index >= 15 is 0 Å². The van der Waals surface area contributed by atoms with Crippen molar-refractivity contribution >= 4 is 11.6 Å². The standard InChI is InChI=1S/C19H23N3O2/c23-19(22-10-2-4-18(22)17-3-1-9-20-17)15-5-7-16(8-6-15)21-11-13-24-14-12-21/h1,3,5-9,18,20H,2,4,10-14H2/t18-/m0/s1. The van der Waals surface area contributed by atoms with Gasteiger partial charge < -0.3 is 19.5 Å². The highest BCUT2D eigenvalue weighted by atomic mass is 16.5. The maximum Gasteiger partial charge on any atom is 0.254 e. The van der Waals surface area contributed by atoms with Gasteiger partial charge in [0.25, 0.3) is 5.91 Å². The molecule has 3 heterocycles. The smallest absolute Gasteiger partial charge is 0.254 e. The van der Waals surface area contributed by atoms with Crippen molar-refractivity contribution in [3.63, 3.8) is 0 Å². The molecule has 1 aromatic heterocycles. The van der Waals surface area contributed by atoms with Crippen molar-refractivity contribution < 1.29 is 9.53 Å². The molecule has 0 radical (unpaired) electrons. The lowest BCUT2D eigenvalue weighted by atomic mass is 10.1. The number of rotatable bonds is 3. The molecule has 2 aliphatic rings. The van der Waals surface area contributed by atoms with Gasteiger partial charge in [0.1, 0.15) is 0 Å². The minimum Gasteiger partial charge on any atom is -0.378 e. The highest BCUT2D eigenvalue weighted by Gasteiger charge is 2.31. The normalized spacial score (nSPS) is 21.2. The summed E-state index contributed by atoms with van der Waals surface area (Å²) >= 11 is 0. The third-order valence-electron chi connectivity index (χ3n) is 4.99. The van der Waals surface area contributed by atoms with E-state index in [0.29, 0.717) is 0 Å². The molecule has 2 aromatic rings. The van der Waals surface area contributed by atoms with Gasteiger partial charge in [-0.15, -0.1) is 0 Å². The molecule has 2 saturated heterocycles. The quantitative estimate of drug-likeness (QED) is 0.944. The van der Waals surface area contributed by atoms with Gasteiger partial charge in [0.15, 0.2) is 0 Å². The van der Waals surface area contributed by atoms with Crippen LogP contribution in [0, 0.1) is 0 Å². The zero-order valence-corrected chi connectivity index (χ0v) is 13.8. The summed E-state index contributed by atoms with van der Waals surface area (Å²) in [5.41, 5.74) is 3.06. The number of likely N-dealkylation sites (tertiary alicyclic amines) is 1. The summed E-state index contributed by atoms with van der Waals surface area (Å²) in [4.78, 5) is 20.5. The molecule has 126 valence electrons. The van der Waals surface area contributed by atoms with Gasteiger partial charge in [-0.1, -0.05) is 0 Å². The molecule has 0 saturated carbocycles. The van der Waals surface area contributed by atoms with E-state index in [1.165, 1.54) is 0 Å². The van der Waals surface area contributed by atoms with Crippen LogP contribution in [0.3, 0.4) is 0 Å². The number of carbonyl (C=O) groups excluding carboxylic acids is 1. The Kier molecular flexibility index (Phi) is 4.26. The van der Waals surface area contributed by atoms with Crippen LogP contribution in [-0.2, 0) is 4.74 Å². The van der Waals surface area contributed by atoms with Crippen LogP contribution in [0.5, 0.6) is 0 Å². The van der Waals surface area contributed by atoms with E-state index in [2.05, 4.69) is 28.1 Å². The van der Waals surface area contributed by atoms with Crippen LogP contribution in [0.1, 0.15) is 34.9 Å². The highest BCUT2D eigenvalue weighted by Crippen LogP contribution is 2.32. The number of aromatic nitrogens is 1. The summed E-state index contributed by atoms with van der Waals surface area (Å²) in [5, 5.41) is 0. The largest absolute Gasteiger partial charge is 0.378 e. The second kappa shape index (κ2) is 6.69. The van der Waals surface area contributed by atoms with Crippen molar-refractivity contribution in [3.05, 3.63) is 53.9 Å². The summed E-state index contributed by atoms with van der Waals surface area (Å²) in [6.45, 7) is 4.19. The first kappa shape index (κ1) is 15.3. The lowest BCUT2D eigenvalue weighted by molar-refractivity contribution is 0.0733. The van der Waals surface area contributed by atoms with E-state index in [1.807, 2.05) is 29.3 Å². The maximum absolute atomic E-state index is 12.9. The van der Waals surface area contributed by atoms with Gasteiger partial charge >= 0.3 is 0 Å². The molecule has 0 unspecified atom stereocenters. The van der Waals surface area contributed by atoms with E-state index < -0.39 is 0 Å². The molecule has 0 bridgehead atoms. The Morgan fingerprint density at radius 3 is 2.58 bits per heavy atom. The SMILES string of the molecule is O=C(c1ccc(N2CCOCC2)cc1)N1CCC[C@H]1c1ccc[nH]1. The zero-order valence-electron chi connectivity index (χ0n) is 13.8. The molecule has 1 N–H and O–H groups in total. The average Bonchev–Trinajstić information content (AvgIpc) is 3.33. The summed E-state index contributed by atoms with van der Waals surface area (Å²) in [6, 6.07) is 12.3. The molecule has 1 amide bonds. The van der Waals surface area contributed by atoms with E-state index in [-0.39, 0.29) is 11.9 Å². The van der Waals surface area contributed by atoms with E-state index in [0.717, 1.165) is 62.6 Å². The topological polar surface area (TPSA) is 48.6 Å². The van der Waals surface area contributed by atoms with E-state index in [9.17, 15) is 4.79 Å². The number of benzene rings is 1. The predicted octanol–water partition coefficient (Wildman–Crippen LogP) is 2.83. The zero-order chi connectivity index (χ0) is 16.4. The van der Waals surface area contributed by atoms with Gasteiger partial charge in [-0.2, -0.15) is 0 Å². The predicted molar refractivity (Wildman–Crippen MR) is 93.3 cm³/mol. The maximum atomic E-state index is 12.9. The molecule has 24 heavy (non-hydrogen) atoms. The Bertz CT molecular complexity index is 675. The molecule has 1 atom stereocenters. The monoisotopic (exact) mass is 325 g/mol. The second-order valence-electron chi connectivity index (χ2n) is 6.43. The van der Waals surface area contributed by atoms with Gasteiger partial charge in [-0.25, -0.2) is 0 Å². The average molecular weight is 325 g/mol. The number of hydrogen-bond acceptors (Lipinski definition) is 3. The number of nitrogens with one attached hydrogen (secondary N) is 1. The molecule has 5 nitrogen and oxygen atoms in total. The van der Waals surface area contributed by atoms with Crippen LogP contribution in [0.25, 0.3) is 0 Å². The highest BCUT2D eigenvalue weighted by molar-refractivity contribution is 5.95. The number of H-pyrrole nitrogens is 1. The van der Waals surface area contributed by atoms with Crippen LogP contribution in [0.2, 0.25) is 0 Å². The number of hydrogen-bond donors (Lipinski definition) is 1. The fourth-order valence-corrected chi connectivity index (χ4v) is 3.69. The molecule has 0 aliphatic carbocycles. The Labute approximate surface area is 142 Å². The Morgan fingerprint density at radius 1 is 1.08 bits per heavy atom. The van der Waals surface area contributed by atoms with E-state index in [1.54, 1.807) is 0 Å². The Hall–Kier alpha value is -2.27. The van der Waals surface area contributed by atoms with Crippen molar-refractivity contribution in [1.82, 2.24) is 9.88 Å². The first-order chi connectivity index (χ1) is 11.8. The minimum absolute atomic E-state index is 0.126. The Morgan fingerprint density at radius 2 is 1.88 bits per heavy atom. The summed E-state index contributed by atoms with van der Waals surface area (Å²) < 4.78 is 5.39. The van der Waals surface area contributed by atoms with Crippen molar-refractivity contribution in [3.8, 4) is 0 Å². The number of carbonyl (C=O) groups is 1. The lowest BCUT2D eigenvalue weighted by Gasteiger charge is -2.29. The summed E-state index contributed by atoms with van der Waals surface area (Å²) in [6.07, 6.45) is 4.01. The molecule has 0 spiro atoms. The first-order valence-electron chi connectivity index (χ1n) is 8.70. The van der Waals surface area contributed by atoms with E-state index in [4.69, 9.17) is 4.74 Å². The number of amides is 1. The van der Waals surface area contributed by atoms with Crippen molar-refractivity contribution in [2.45, 2.75) is 18.9 Å². The van der Waals surface area contributed by atoms with Crippen LogP contribution >= 0.6 is 0 Å². The number of anilines is 1. The number of morpholine rings is 1. The third-order valence-corrected chi connectivity index (χ3v) is 4.99. The van der Waals surface area contributed by atoms with Gasteiger partial charge in [0, 0.05) is 42.8 Å². The molecule has 4 rings (SSSR count). The molecule has 1 aromatic carbocycles. The van der Waals surface area contributed by atoms with Gasteiger partial charge in [0.05, 0.1) is 19.3 Å². The molecular weight excluding hydrogens is 302 g/mol. The molecule has 5 heteroatoms. The van der Waals surface area contributed by atoms with Gasteiger partial charge in [-0.3, -0.25) is 4.79 Å². The number of ether oxygens (including phenoxy) is 1. The molecule has 2 fully saturated rings. The molecule has 2 aliphatic heterocycles. The van der Waals surface area contributed by atoms with Gasteiger partial charge in [-0.05, 0) is 49.2 Å². The number of aromatic amines is 1. The van der Waals surface area contributed by atoms with Crippen LogP contribution < -0.4 is 4.90 Å². The van der Waals surface area contributed by atoms with Gasteiger partial charge in [0.2, 0.25) is 0 Å². The first-order valence-corrected chi connectivity index (χ1v) is 8.70. The second-order valence-corrected chi connectivity index (χ2v) is 6.43. The van der Waals surface area contributed by atoms with Crippen LogP contribution in [-0.4, -0.2) is 48.6 Å². The lowest BCUT2D eigenvalue weighted by Crippen LogP contribution is -2.36. The Balaban J connectivity index is 1.49. The number of nitrogens with zero attached hydrogens (tertiary/aromatic N) is 2. The summed E-state index contributed by atoms with van der Waals surface area (Å²) in [7, 11) is 0. The van der Waals surface area contributed by atoms with Crippen molar-refractivity contribution in [1.29, 1.82) is 0 Å². The van der Waals surface area contributed by atoms with Crippen LogP contribution in [0.15, 0.2) is 42.6 Å². The van der Waals surface area contributed by atoms with Crippen LogP contribution in [0.4, 0.5) is 5.69 Å². The fraction of sp³-hybridized carbons (Fsp3) is 0.421. The molecular formula is C19H23N3O2. The third kappa shape index (κ3) is 2.91. The fourth-order valence-electron chi connectivity index (χ4n) is 3.69. The van der Waals surface area contributed by atoms with Crippen molar-refractivity contribution in [2.75, 3.05) is 37.7 Å². The summed E-state index contributed by atoms with van der Waals surface area (Å²) in [5.74, 6) is 0.126. The minimum atomic E-state index is 0.126.